The van der Waals surface area contributed by atoms with Gasteiger partial charge in [-0.1, -0.05) is 17.7 Å². The summed E-state index contributed by atoms with van der Waals surface area (Å²) in [6.07, 6.45) is 0. The van der Waals surface area contributed by atoms with Crippen molar-refractivity contribution < 1.29 is 8.42 Å². The lowest BCUT2D eigenvalue weighted by atomic mass is 10.1. The summed E-state index contributed by atoms with van der Waals surface area (Å²) in [6, 6.07) is 5.62. The quantitative estimate of drug-likeness (QED) is 0.771. The van der Waals surface area contributed by atoms with Crippen molar-refractivity contribution in [3.05, 3.63) is 52.1 Å². The van der Waals surface area contributed by atoms with Crippen molar-refractivity contribution in [1.29, 1.82) is 0 Å². The molecule has 0 unspecified atom stereocenters. The first-order chi connectivity index (χ1) is 11.7. The first-order valence-corrected chi connectivity index (χ1v) is 9.43. The van der Waals surface area contributed by atoms with E-state index in [2.05, 4.69) is 19.8 Å². The van der Waals surface area contributed by atoms with Gasteiger partial charge in [-0.2, -0.15) is 4.98 Å². The van der Waals surface area contributed by atoms with Crippen LogP contribution in [0.5, 0.6) is 0 Å². The van der Waals surface area contributed by atoms with E-state index in [1.165, 1.54) is 0 Å². The van der Waals surface area contributed by atoms with Gasteiger partial charge in [-0.05, 0) is 51.8 Å². The van der Waals surface area contributed by atoms with Crippen LogP contribution >= 0.6 is 0 Å². The van der Waals surface area contributed by atoms with Gasteiger partial charge in [-0.25, -0.2) is 22.6 Å². The first-order valence-electron chi connectivity index (χ1n) is 7.95. The minimum absolute atomic E-state index is 0.0109. The maximum Gasteiger partial charge on any atom is 0.252 e. The Balaban J connectivity index is 1.89. The summed E-state index contributed by atoms with van der Waals surface area (Å²) in [5.41, 5.74) is 4.22. The maximum absolute atomic E-state index is 12.7. The number of hydrogen-bond acceptors (Lipinski definition) is 5. The molecule has 3 aromatic rings. The Morgan fingerprint density at radius 3 is 2.28 bits per heavy atom. The zero-order chi connectivity index (χ0) is 18.4. The number of benzene rings is 1. The lowest BCUT2D eigenvalue weighted by Gasteiger charge is -2.12. The highest BCUT2D eigenvalue weighted by Gasteiger charge is 2.20. The number of aryl methyl sites for hydroxylation is 5. The van der Waals surface area contributed by atoms with Crippen LogP contribution in [0.4, 0.5) is 0 Å². The Hall–Kier alpha value is -2.32. The molecule has 0 atom stereocenters. The molecular formula is C17H21N5O2S. The number of nitrogens with one attached hydrogen (secondary N) is 1. The van der Waals surface area contributed by atoms with Crippen molar-refractivity contribution in [1.82, 2.24) is 24.3 Å². The molecule has 0 aliphatic heterocycles. The average molecular weight is 359 g/mol. The van der Waals surface area contributed by atoms with Gasteiger partial charge in [0.1, 0.15) is 0 Å². The second-order valence-corrected chi connectivity index (χ2v) is 8.03. The predicted molar refractivity (Wildman–Crippen MR) is 94.9 cm³/mol. The molecule has 0 bridgehead atoms. The van der Waals surface area contributed by atoms with Gasteiger partial charge in [0, 0.05) is 11.4 Å². The van der Waals surface area contributed by atoms with E-state index in [0.717, 1.165) is 28.1 Å². The average Bonchev–Trinajstić information content (AvgIpc) is 2.87. The Labute approximate surface area is 147 Å². The van der Waals surface area contributed by atoms with Crippen LogP contribution in [0.1, 0.15) is 33.9 Å². The highest BCUT2D eigenvalue weighted by Crippen LogP contribution is 2.21. The maximum atomic E-state index is 12.7. The molecule has 1 N–H and O–H groups in total. The fraction of sp³-hybridized carbons (Fsp3) is 0.353. The summed E-state index contributed by atoms with van der Waals surface area (Å²) in [4.78, 5) is 8.93. The third-order valence-corrected chi connectivity index (χ3v) is 5.66. The van der Waals surface area contributed by atoms with E-state index in [0.29, 0.717) is 16.5 Å². The number of hydrogen-bond donors (Lipinski definition) is 1. The summed E-state index contributed by atoms with van der Waals surface area (Å²) in [7, 11) is -3.65. The molecule has 0 spiro atoms. The predicted octanol–water partition coefficient (Wildman–Crippen LogP) is 2.14. The van der Waals surface area contributed by atoms with Crippen molar-refractivity contribution in [3.8, 4) is 0 Å². The van der Waals surface area contributed by atoms with Crippen LogP contribution in [-0.2, 0) is 16.6 Å². The molecular weight excluding hydrogens is 338 g/mol. The van der Waals surface area contributed by atoms with Crippen LogP contribution in [0.2, 0.25) is 0 Å². The van der Waals surface area contributed by atoms with Crippen molar-refractivity contribution in [2.45, 2.75) is 46.1 Å². The summed E-state index contributed by atoms with van der Waals surface area (Å²) in [5, 5.41) is 4.33. The van der Waals surface area contributed by atoms with Crippen molar-refractivity contribution in [3.63, 3.8) is 0 Å². The fourth-order valence-electron chi connectivity index (χ4n) is 3.10. The van der Waals surface area contributed by atoms with Crippen LogP contribution in [0, 0.1) is 34.6 Å². The van der Waals surface area contributed by atoms with Gasteiger partial charge in [0.2, 0.25) is 10.0 Å². The van der Waals surface area contributed by atoms with E-state index < -0.39 is 10.0 Å². The molecule has 0 aliphatic rings. The second-order valence-electron chi connectivity index (χ2n) is 6.33. The van der Waals surface area contributed by atoms with Gasteiger partial charge < -0.3 is 0 Å². The summed E-state index contributed by atoms with van der Waals surface area (Å²) < 4.78 is 29.6. The minimum Gasteiger partial charge on any atom is -0.216 e. The lowest BCUT2D eigenvalue weighted by Crippen LogP contribution is -2.25. The van der Waals surface area contributed by atoms with Crippen LogP contribution in [0.15, 0.2) is 23.1 Å². The molecule has 25 heavy (non-hydrogen) atoms. The zero-order valence-corrected chi connectivity index (χ0v) is 15.8. The second kappa shape index (κ2) is 6.20. The van der Waals surface area contributed by atoms with E-state index in [4.69, 9.17) is 0 Å². The van der Waals surface area contributed by atoms with Crippen LogP contribution < -0.4 is 4.72 Å². The highest BCUT2D eigenvalue weighted by atomic mass is 32.2. The normalized spacial score (nSPS) is 12.0. The third-order valence-electron chi connectivity index (χ3n) is 3.96. The standard InChI is InChI=1S/C17H21N5O2S/c1-10-6-11(2)16(12(3)7-10)25(23,24)18-9-15-20-17-19-13(4)8-14(5)22(17)21-15/h6-8,18H,9H2,1-5H3. The molecule has 7 nitrogen and oxygen atoms in total. The molecule has 0 saturated heterocycles. The van der Waals surface area contributed by atoms with Gasteiger partial charge >= 0.3 is 0 Å². The van der Waals surface area contributed by atoms with Crippen molar-refractivity contribution in [2.24, 2.45) is 0 Å². The van der Waals surface area contributed by atoms with Gasteiger partial charge in [0.25, 0.3) is 5.78 Å². The van der Waals surface area contributed by atoms with Gasteiger partial charge in [0.05, 0.1) is 11.4 Å². The largest absolute Gasteiger partial charge is 0.252 e. The zero-order valence-electron chi connectivity index (χ0n) is 15.0. The first kappa shape index (κ1) is 17.5. The Bertz CT molecular complexity index is 1050. The Kier molecular flexibility index (Phi) is 4.34. The van der Waals surface area contributed by atoms with E-state index in [1.807, 2.05) is 39.0 Å². The Morgan fingerprint density at radius 2 is 1.64 bits per heavy atom. The topological polar surface area (TPSA) is 89.2 Å². The fourth-order valence-corrected chi connectivity index (χ4v) is 4.53. The molecule has 2 heterocycles. The third kappa shape index (κ3) is 3.40. The van der Waals surface area contributed by atoms with E-state index in [1.54, 1.807) is 18.4 Å². The highest BCUT2D eigenvalue weighted by molar-refractivity contribution is 7.89. The summed E-state index contributed by atoms with van der Waals surface area (Å²) in [5.74, 6) is 0.849. The van der Waals surface area contributed by atoms with Crippen LogP contribution in [0.3, 0.4) is 0 Å². The molecule has 1 aromatic carbocycles. The molecule has 0 aliphatic carbocycles. The van der Waals surface area contributed by atoms with Crippen LogP contribution in [-0.4, -0.2) is 28.0 Å². The van der Waals surface area contributed by atoms with E-state index in [9.17, 15) is 8.42 Å². The number of nitrogens with zero attached hydrogens (tertiary/aromatic N) is 4. The molecule has 8 heteroatoms. The number of rotatable bonds is 4. The van der Waals surface area contributed by atoms with Gasteiger partial charge in [-0.15, -0.1) is 5.10 Å². The van der Waals surface area contributed by atoms with E-state index >= 15 is 0 Å². The smallest absolute Gasteiger partial charge is 0.216 e. The van der Waals surface area contributed by atoms with Crippen molar-refractivity contribution in [2.75, 3.05) is 0 Å². The van der Waals surface area contributed by atoms with Crippen LogP contribution in [0.25, 0.3) is 5.78 Å². The summed E-state index contributed by atoms with van der Waals surface area (Å²) in [6.45, 7) is 9.34. The SMILES string of the molecule is Cc1cc(C)c(S(=O)(=O)NCc2nc3nc(C)cc(C)n3n2)c(C)c1. The molecule has 0 fully saturated rings. The molecule has 0 amide bonds. The number of fused-ring (bicyclic) bond motifs is 1. The van der Waals surface area contributed by atoms with Crippen molar-refractivity contribution >= 4 is 15.8 Å². The lowest BCUT2D eigenvalue weighted by molar-refractivity contribution is 0.578. The molecule has 0 radical (unpaired) electrons. The van der Waals surface area contributed by atoms with E-state index in [-0.39, 0.29) is 6.54 Å². The number of aromatic nitrogens is 4. The van der Waals surface area contributed by atoms with Gasteiger partial charge in [-0.3, -0.25) is 0 Å². The van der Waals surface area contributed by atoms with Gasteiger partial charge in [0.15, 0.2) is 5.82 Å². The number of sulfonamides is 1. The molecule has 0 saturated carbocycles. The Morgan fingerprint density at radius 1 is 1.00 bits per heavy atom. The molecule has 2 aromatic heterocycles. The minimum atomic E-state index is -3.65. The monoisotopic (exact) mass is 359 g/mol. The molecule has 3 rings (SSSR count). The summed E-state index contributed by atoms with van der Waals surface area (Å²) >= 11 is 0. The molecule has 132 valence electrons.